The monoisotopic (exact) mass is 334 g/mol. The molecule has 0 heterocycles. The zero-order valence-electron chi connectivity index (χ0n) is 13.1. The number of carbonyl (C=O) groups excluding carboxylic acids is 1. The van der Waals surface area contributed by atoms with Crippen LogP contribution in [0.25, 0.3) is 0 Å². The van der Waals surface area contributed by atoms with Crippen molar-refractivity contribution in [1.29, 1.82) is 0 Å². The molecule has 4 heteroatoms. The first-order valence-corrected chi connectivity index (χ1v) is 7.30. The van der Waals surface area contributed by atoms with Crippen molar-refractivity contribution < 1.29 is 26.3 Å². The Balaban J connectivity index is 0. The molecule has 1 amide bonds. The first kappa shape index (κ1) is 21.0. The second-order valence-electron chi connectivity index (χ2n) is 5.16. The van der Waals surface area contributed by atoms with Gasteiger partial charge in [0.2, 0.25) is 5.91 Å². The topological polar surface area (TPSA) is 29.1 Å². The van der Waals surface area contributed by atoms with Crippen LogP contribution in [0.15, 0.2) is 12.2 Å². The van der Waals surface area contributed by atoms with Crippen molar-refractivity contribution in [2.24, 2.45) is 0 Å². The molecule has 0 aromatic heterocycles. The van der Waals surface area contributed by atoms with Crippen molar-refractivity contribution in [3.8, 4) is 0 Å². The Kier molecular flexibility index (Phi) is 12.7. The van der Waals surface area contributed by atoms with E-state index in [1.54, 1.807) is 6.92 Å². The van der Waals surface area contributed by atoms with Crippen molar-refractivity contribution in [2.75, 3.05) is 32.7 Å². The van der Waals surface area contributed by atoms with E-state index in [4.69, 9.17) is 0 Å². The van der Waals surface area contributed by atoms with Gasteiger partial charge in [0.05, 0.1) is 26.2 Å². The fourth-order valence-electron chi connectivity index (χ4n) is 2.23. The number of quaternary nitrogens is 1. The molecule has 0 aromatic rings. The minimum atomic E-state index is -0.0188. The first-order valence-electron chi connectivity index (χ1n) is 7.30. The predicted octanol–water partition coefficient (Wildman–Crippen LogP) is -0.270. The van der Waals surface area contributed by atoms with Crippen molar-refractivity contribution in [2.45, 2.75) is 47.0 Å². The van der Waals surface area contributed by atoms with E-state index in [2.05, 4.69) is 32.7 Å². The zero-order valence-corrected chi connectivity index (χ0v) is 14.7. The summed E-state index contributed by atoms with van der Waals surface area (Å²) in [4.78, 5) is 11.4. The molecule has 0 radical (unpaired) electrons. The van der Waals surface area contributed by atoms with E-state index in [-0.39, 0.29) is 22.9 Å². The van der Waals surface area contributed by atoms with Crippen LogP contribution in [0.1, 0.15) is 47.0 Å². The Labute approximate surface area is 129 Å². The number of hydrogen-bond acceptors (Lipinski definition) is 1. The molecule has 0 unspecified atom stereocenters. The highest BCUT2D eigenvalue weighted by molar-refractivity contribution is 5.91. The van der Waals surface area contributed by atoms with Gasteiger partial charge in [-0.15, -0.1) is 0 Å². The van der Waals surface area contributed by atoms with Crippen molar-refractivity contribution in [1.82, 2.24) is 5.32 Å². The number of nitrogens with one attached hydrogen (secondary N) is 1. The fourth-order valence-corrected chi connectivity index (χ4v) is 2.23. The molecular formula is C15H31BrN2O. The molecule has 3 nitrogen and oxygen atoms in total. The molecule has 0 aliphatic heterocycles. The smallest absolute Gasteiger partial charge is 0.246 e. The summed E-state index contributed by atoms with van der Waals surface area (Å²) < 4.78 is 1.18. The van der Waals surface area contributed by atoms with E-state index in [0.717, 1.165) is 19.5 Å². The normalized spacial score (nSPS) is 10.7. The highest BCUT2D eigenvalue weighted by atomic mass is 79.9. The number of rotatable bonds is 10. The Morgan fingerprint density at radius 2 is 1.63 bits per heavy atom. The van der Waals surface area contributed by atoms with E-state index < -0.39 is 0 Å². The summed E-state index contributed by atoms with van der Waals surface area (Å²) in [6.45, 7) is 17.7. The van der Waals surface area contributed by atoms with Crippen LogP contribution in [0.5, 0.6) is 0 Å². The predicted molar refractivity (Wildman–Crippen MR) is 78.4 cm³/mol. The van der Waals surface area contributed by atoms with Crippen LogP contribution in [0.2, 0.25) is 0 Å². The van der Waals surface area contributed by atoms with Gasteiger partial charge >= 0.3 is 0 Å². The average molecular weight is 335 g/mol. The summed E-state index contributed by atoms with van der Waals surface area (Å²) in [6, 6.07) is 0. The lowest BCUT2D eigenvalue weighted by molar-refractivity contribution is -0.925. The lowest BCUT2D eigenvalue weighted by atomic mass is 10.2. The maximum Gasteiger partial charge on any atom is 0.246 e. The minimum absolute atomic E-state index is 0. The van der Waals surface area contributed by atoms with Crippen molar-refractivity contribution in [3.05, 3.63) is 12.2 Å². The second-order valence-corrected chi connectivity index (χ2v) is 5.16. The van der Waals surface area contributed by atoms with E-state index >= 15 is 0 Å². The van der Waals surface area contributed by atoms with Gasteiger partial charge in [-0.25, -0.2) is 0 Å². The molecule has 0 aliphatic carbocycles. The van der Waals surface area contributed by atoms with Crippen molar-refractivity contribution in [3.63, 3.8) is 0 Å². The van der Waals surface area contributed by atoms with Gasteiger partial charge in [0.25, 0.3) is 0 Å². The molecule has 0 fully saturated rings. The number of unbranched alkanes of at least 4 members (excludes halogenated alkanes) is 1. The number of carbonyl (C=O) groups is 1. The minimum Gasteiger partial charge on any atom is -1.00 e. The largest absolute Gasteiger partial charge is 1.00 e. The molecular weight excluding hydrogens is 304 g/mol. The molecule has 19 heavy (non-hydrogen) atoms. The number of hydrogen-bond donors (Lipinski definition) is 1. The molecule has 0 aliphatic rings. The molecule has 114 valence electrons. The molecule has 0 bridgehead atoms. The molecule has 0 rings (SSSR count). The quantitative estimate of drug-likeness (QED) is 0.332. The van der Waals surface area contributed by atoms with Crippen molar-refractivity contribution >= 4 is 5.91 Å². The summed E-state index contributed by atoms with van der Waals surface area (Å²) in [6.07, 6.45) is 3.59. The Morgan fingerprint density at radius 3 is 2.05 bits per heavy atom. The number of halogens is 1. The Morgan fingerprint density at radius 1 is 1.11 bits per heavy atom. The SMILES string of the molecule is C=C(C)C(=O)NCCC[N+](CC)(CC)CCCC.[Br-]. The molecule has 0 saturated heterocycles. The third-order valence-corrected chi connectivity index (χ3v) is 3.81. The molecule has 0 atom stereocenters. The van der Waals surface area contributed by atoms with Gasteiger partial charge in [0.1, 0.15) is 0 Å². The molecule has 0 spiro atoms. The maximum atomic E-state index is 11.4. The van der Waals surface area contributed by atoms with Gasteiger partial charge < -0.3 is 26.8 Å². The van der Waals surface area contributed by atoms with E-state index in [9.17, 15) is 4.79 Å². The first-order chi connectivity index (χ1) is 8.51. The maximum absolute atomic E-state index is 11.4. The van der Waals surface area contributed by atoms with Gasteiger partial charge in [-0.05, 0) is 27.2 Å². The highest BCUT2D eigenvalue weighted by Crippen LogP contribution is 2.10. The van der Waals surface area contributed by atoms with Gasteiger partial charge in [0, 0.05) is 18.5 Å². The van der Waals surface area contributed by atoms with Gasteiger partial charge in [-0.1, -0.05) is 19.9 Å². The van der Waals surface area contributed by atoms with E-state index in [1.807, 2.05) is 0 Å². The molecule has 0 aromatic carbocycles. The van der Waals surface area contributed by atoms with E-state index in [0.29, 0.717) is 5.57 Å². The summed E-state index contributed by atoms with van der Waals surface area (Å²) >= 11 is 0. The van der Waals surface area contributed by atoms with Crippen LogP contribution in [-0.4, -0.2) is 43.1 Å². The summed E-state index contributed by atoms with van der Waals surface area (Å²) in [5.74, 6) is -0.0188. The molecule has 1 N–H and O–H groups in total. The number of amides is 1. The van der Waals surface area contributed by atoms with Crippen LogP contribution >= 0.6 is 0 Å². The summed E-state index contributed by atoms with van der Waals surface area (Å²) in [7, 11) is 0. The zero-order chi connectivity index (χ0) is 14.0. The van der Waals surface area contributed by atoms with Gasteiger partial charge in [-0.2, -0.15) is 0 Å². The molecule has 0 saturated carbocycles. The lowest BCUT2D eigenvalue weighted by Crippen LogP contribution is -3.00. The third kappa shape index (κ3) is 8.43. The number of nitrogens with zero attached hydrogens (tertiary/aromatic N) is 1. The fraction of sp³-hybridized carbons (Fsp3) is 0.800. The summed E-state index contributed by atoms with van der Waals surface area (Å²) in [5.41, 5.74) is 0.590. The Bertz CT molecular complexity index is 263. The standard InChI is InChI=1S/C15H30N2O.BrH/c1-6-9-12-17(7-2,8-3)13-10-11-16-15(18)14(4)5;/h4,6-13H2,1-3,5H3;1H. The highest BCUT2D eigenvalue weighted by Gasteiger charge is 2.21. The summed E-state index contributed by atoms with van der Waals surface area (Å²) in [5, 5.41) is 2.91. The van der Waals surface area contributed by atoms with E-state index in [1.165, 1.54) is 37.0 Å². The Hall–Kier alpha value is -0.350. The average Bonchev–Trinajstić information content (AvgIpc) is 2.38. The second kappa shape index (κ2) is 11.5. The van der Waals surface area contributed by atoms with Crippen LogP contribution in [0.4, 0.5) is 0 Å². The lowest BCUT2D eigenvalue weighted by Gasteiger charge is -2.37. The van der Waals surface area contributed by atoms with Crippen LogP contribution in [0, 0.1) is 0 Å². The third-order valence-electron chi connectivity index (χ3n) is 3.81. The van der Waals surface area contributed by atoms with Crippen LogP contribution < -0.4 is 22.3 Å². The van der Waals surface area contributed by atoms with Gasteiger partial charge in [-0.3, -0.25) is 4.79 Å². The van der Waals surface area contributed by atoms with Crippen LogP contribution in [-0.2, 0) is 4.79 Å². The van der Waals surface area contributed by atoms with Gasteiger partial charge in [0.15, 0.2) is 0 Å². The van der Waals surface area contributed by atoms with Crippen LogP contribution in [0.3, 0.4) is 0 Å².